The molecule has 2 aliphatic heterocycles. The first-order chi connectivity index (χ1) is 20.2. The van der Waals surface area contributed by atoms with Crippen molar-refractivity contribution >= 4 is 63.8 Å². The minimum atomic E-state index is -1.20. The van der Waals surface area contributed by atoms with Crippen LogP contribution in [0.15, 0.2) is 52.4 Å². The summed E-state index contributed by atoms with van der Waals surface area (Å²) in [4.78, 5) is 61.3. The number of thiazole rings is 1. The number of nitrogens with zero attached hydrogens (tertiary/aromatic N) is 4. The third-order valence-corrected chi connectivity index (χ3v) is 8.57. The molecule has 15 heteroatoms. The quantitative estimate of drug-likeness (QED) is 0.0843. The zero-order chi connectivity index (χ0) is 30.4. The van der Waals surface area contributed by atoms with Gasteiger partial charge in [-0.1, -0.05) is 37.2 Å². The monoisotopic (exact) mass is 614 g/mol. The Morgan fingerprint density at radius 1 is 1.29 bits per heavy atom. The molecular weight excluding hydrogens is 584 g/mol. The molecule has 2 aliphatic rings. The number of carbonyl (C=O) groups excluding carboxylic acids is 4. The minimum absolute atomic E-state index is 0.0249. The summed E-state index contributed by atoms with van der Waals surface area (Å²) in [6, 6.07) is 2.57. The first-order valence-electron chi connectivity index (χ1n) is 13.1. The van der Waals surface area contributed by atoms with Gasteiger partial charge in [0.05, 0.1) is 5.92 Å². The molecule has 222 valence electrons. The summed E-state index contributed by atoms with van der Waals surface area (Å²) in [5.74, 6) is -2.77. The number of aromatic nitrogens is 2. The topological polar surface area (TPSA) is 186 Å². The highest BCUT2D eigenvalue weighted by Gasteiger charge is 2.54. The third kappa shape index (κ3) is 6.62. The molecule has 1 unspecified atom stereocenters. The number of thioether (sulfide) groups is 1. The first-order valence-corrected chi connectivity index (χ1v) is 15.0. The summed E-state index contributed by atoms with van der Waals surface area (Å²) in [6.45, 7) is 5.16. The average Bonchev–Trinajstić information content (AvgIpc) is 3.41. The van der Waals surface area contributed by atoms with Gasteiger partial charge in [-0.2, -0.15) is 0 Å². The molecule has 13 nitrogen and oxygen atoms in total. The number of nitrogen functional groups attached to an aromatic ring is 1. The predicted molar refractivity (Wildman–Crippen MR) is 156 cm³/mol. The van der Waals surface area contributed by atoms with E-state index in [9.17, 15) is 24.4 Å². The molecule has 4 N–H and O–H groups in total. The van der Waals surface area contributed by atoms with E-state index in [-0.39, 0.29) is 22.4 Å². The number of carbonyl (C=O) groups is 4. The van der Waals surface area contributed by atoms with E-state index in [4.69, 9.17) is 15.2 Å². The number of β-lactam (4-membered cyclic amide) rings is 1. The van der Waals surface area contributed by atoms with E-state index >= 15 is 0 Å². The first kappa shape index (κ1) is 30.7. The normalized spacial score (nSPS) is 19.4. The van der Waals surface area contributed by atoms with Crippen LogP contribution in [-0.2, 0) is 28.7 Å². The summed E-state index contributed by atoms with van der Waals surface area (Å²) in [5, 5.41) is 16.0. The molecule has 1 fully saturated rings. The Labute approximate surface area is 249 Å². The number of rotatable bonds is 11. The van der Waals surface area contributed by atoms with Crippen molar-refractivity contribution in [2.24, 2.45) is 11.1 Å². The van der Waals surface area contributed by atoms with Gasteiger partial charge in [-0.15, -0.1) is 23.1 Å². The van der Waals surface area contributed by atoms with Crippen LogP contribution in [0.25, 0.3) is 6.08 Å². The predicted octanol–water partition coefficient (Wildman–Crippen LogP) is 2.53. The molecular formula is C27H30N6O7S2. The standard InChI is InChI=1S/C27H30N6O7S2/c1-4-16(5-2)25(36)39-14(3)40-26(37)21-17(9-8-15-7-6-10-29-11-15)12-41-24-20(23(35)33(21)24)31-22(34)19(32-38)18-13-42-27(28)30-18/h6-11,13-14,16,20,24,38H,4-5,12H2,1-3H3,(H2,28,30)(H,31,34)/b9-8-,32-19-/t14?,20-,24-/m1/s1. The number of nitrogens with two attached hydrogens (primary N) is 1. The van der Waals surface area contributed by atoms with E-state index in [1.54, 1.807) is 30.6 Å². The molecule has 0 saturated carbocycles. The van der Waals surface area contributed by atoms with Gasteiger partial charge in [-0.05, 0) is 30.0 Å². The fraction of sp³-hybridized carbons (Fsp3) is 0.370. The number of fused-ring (bicyclic) bond motifs is 1. The lowest BCUT2D eigenvalue weighted by atomic mass is 10.0. The molecule has 0 spiro atoms. The van der Waals surface area contributed by atoms with E-state index < -0.39 is 47.2 Å². The molecule has 0 bridgehead atoms. The molecule has 42 heavy (non-hydrogen) atoms. The summed E-state index contributed by atoms with van der Waals surface area (Å²) in [7, 11) is 0. The lowest BCUT2D eigenvalue weighted by Crippen LogP contribution is -2.71. The number of hydrogen-bond acceptors (Lipinski definition) is 13. The van der Waals surface area contributed by atoms with Crippen LogP contribution in [0.1, 0.15) is 44.9 Å². The van der Waals surface area contributed by atoms with Gasteiger partial charge in [0, 0.05) is 30.5 Å². The van der Waals surface area contributed by atoms with E-state index in [1.165, 1.54) is 29.0 Å². The van der Waals surface area contributed by atoms with E-state index in [0.29, 0.717) is 24.2 Å². The number of oxime groups is 1. The fourth-order valence-corrected chi connectivity index (χ4v) is 6.23. The van der Waals surface area contributed by atoms with Gasteiger partial charge in [0.2, 0.25) is 6.29 Å². The second kappa shape index (κ2) is 13.6. The van der Waals surface area contributed by atoms with Crippen molar-refractivity contribution < 1.29 is 33.9 Å². The molecule has 0 aliphatic carbocycles. The molecule has 2 amide bonds. The van der Waals surface area contributed by atoms with Crippen LogP contribution in [0.5, 0.6) is 0 Å². The maximum atomic E-state index is 13.4. The van der Waals surface area contributed by atoms with Gasteiger partial charge in [-0.25, -0.2) is 9.78 Å². The molecule has 3 atom stereocenters. The lowest BCUT2D eigenvalue weighted by Gasteiger charge is -2.49. The average molecular weight is 615 g/mol. The Balaban J connectivity index is 1.55. The molecule has 4 rings (SSSR count). The summed E-state index contributed by atoms with van der Waals surface area (Å²) in [6.07, 6.45) is 6.68. The molecule has 1 saturated heterocycles. The van der Waals surface area contributed by atoms with Gasteiger partial charge in [0.1, 0.15) is 22.8 Å². The fourth-order valence-electron chi connectivity index (χ4n) is 4.36. The Kier molecular flexibility index (Phi) is 9.96. The Morgan fingerprint density at radius 2 is 2.05 bits per heavy atom. The highest BCUT2D eigenvalue weighted by molar-refractivity contribution is 8.00. The molecule has 0 aromatic carbocycles. The van der Waals surface area contributed by atoms with Crippen molar-refractivity contribution in [3.05, 3.63) is 58.5 Å². The van der Waals surface area contributed by atoms with E-state index in [2.05, 4.69) is 20.4 Å². The van der Waals surface area contributed by atoms with Crippen molar-refractivity contribution in [2.75, 3.05) is 11.5 Å². The SMILES string of the molecule is CCC(CC)C(=O)OC(C)OC(=O)C1=C(/C=C\c2cccnc2)CS[C@@H]2[C@H](NC(=O)/C(=N\O)c3csc(N)n3)C(=O)N12. The number of pyridine rings is 1. The van der Waals surface area contributed by atoms with Crippen molar-refractivity contribution in [1.82, 2.24) is 20.2 Å². The highest BCUT2D eigenvalue weighted by atomic mass is 32.2. The van der Waals surface area contributed by atoms with Crippen molar-refractivity contribution in [3.63, 3.8) is 0 Å². The van der Waals surface area contributed by atoms with E-state index in [1.807, 2.05) is 19.9 Å². The number of anilines is 1. The largest absolute Gasteiger partial charge is 0.425 e. The second-order valence-electron chi connectivity index (χ2n) is 9.30. The number of amides is 2. The maximum absolute atomic E-state index is 13.4. The van der Waals surface area contributed by atoms with Crippen molar-refractivity contribution in [1.29, 1.82) is 0 Å². The third-order valence-electron chi connectivity index (χ3n) is 6.59. The summed E-state index contributed by atoms with van der Waals surface area (Å²) < 4.78 is 10.8. The van der Waals surface area contributed by atoms with Gasteiger partial charge in [0.25, 0.3) is 11.8 Å². The van der Waals surface area contributed by atoms with Gasteiger partial charge < -0.3 is 25.7 Å². The molecule has 2 aromatic rings. The van der Waals surface area contributed by atoms with Crippen molar-refractivity contribution in [2.45, 2.75) is 51.3 Å². The van der Waals surface area contributed by atoms with Crippen LogP contribution in [0.4, 0.5) is 5.13 Å². The lowest BCUT2D eigenvalue weighted by molar-refractivity contribution is -0.187. The number of hydrogen-bond donors (Lipinski definition) is 3. The second-order valence-corrected chi connectivity index (χ2v) is 11.3. The van der Waals surface area contributed by atoms with Crippen LogP contribution in [0.2, 0.25) is 0 Å². The number of ether oxygens (including phenoxy) is 2. The zero-order valence-electron chi connectivity index (χ0n) is 23.1. The Morgan fingerprint density at radius 3 is 2.67 bits per heavy atom. The van der Waals surface area contributed by atoms with Crippen LogP contribution in [-0.4, -0.2) is 73.0 Å². The van der Waals surface area contributed by atoms with Crippen LogP contribution in [0.3, 0.4) is 0 Å². The van der Waals surface area contributed by atoms with Gasteiger partial charge in [0.15, 0.2) is 10.8 Å². The van der Waals surface area contributed by atoms with Crippen LogP contribution < -0.4 is 11.1 Å². The number of esters is 2. The molecule has 4 heterocycles. The van der Waals surface area contributed by atoms with Crippen LogP contribution in [0, 0.1) is 5.92 Å². The smallest absolute Gasteiger partial charge is 0.358 e. The zero-order valence-corrected chi connectivity index (χ0v) is 24.7. The van der Waals surface area contributed by atoms with Crippen molar-refractivity contribution in [3.8, 4) is 0 Å². The number of allylic oxidation sites excluding steroid dienone is 1. The minimum Gasteiger partial charge on any atom is -0.425 e. The van der Waals surface area contributed by atoms with E-state index in [0.717, 1.165) is 16.9 Å². The van der Waals surface area contributed by atoms with Gasteiger partial charge >= 0.3 is 11.9 Å². The molecule has 2 aromatic heterocycles. The Bertz CT molecular complexity index is 1440. The number of nitrogens with one attached hydrogen (secondary N) is 1. The molecule has 0 radical (unpaired) electrons. The maximum Gasteiger partial charge on any atom is 0.358 e. The Hall–Kier alpha value is -4.24. The van der Waals surface area contributed by atoms with Gasteiger partial charge in [-0.3, -0.25) is 24.3 Å². The highest BCUT2D eigenvalue weighted by Crippen LogP contribution is 2.41. The summed E-state index contributed by atoms with van der Waals surface area (Å²) >= 11 is 2.38. The van der Waals surface area contributed by atoms with Crippen LogP contribution >= 0.6 is 23.1 Å². The summed E-state index contributed by atoms with van der Waals surface area (Å²) in [5.41, 5.74) is 6.52.